The van der Waals surface area contributed by atoms with Gasteiger partial charge in [0.1, 0.15) is 6.29 Å². The van der Waals surface area contributed by atoms with Gasteiger partial charge in [-0.05, 0) is 49.7 Å². The second kappa shape index (κ2) is 19.6. The SMILES string of the molecule is CC.CN/C(C=O)=C/N=C(Nc1ccc(OC(C)C)c(F)c1)N(C)Cc1ccc(Cl)cc1.COc1cc(C=O)ccn1. The maximum absolute atomic E-state index is 14.4. The standard InChI is InChI=1S/C22H26ClFN4O2.C7H7NO2.C2H6/c1-15(2)30-21-10-9-18(11-20(21)24)27-22(26-12-19(14-29)25-3)28(4)13-16-5-7-17(23)8-6-16;1-10-7-4-6(5-9)2-3-8-7;1-2/h5-12,14-15,25H,13H2,1-4H3,(H,26,27);2-5H,1H3;1-2H3/b19-12+;;. The number of methoxy groups -OCH3 is 1. The van der Waals surface area contributed by atoms with Gasteiger partial charge in [-0.1, -0.05) is 37.6 Å². The minimum Gasteiger partial charge on any atom is -0.488 e. The van der Waals surface area contributed by atoms with E-state index in [1.54, 1.807) is 31.3 Å². The van der Waals surface area contributed by atoms with Crippen LogP contribution in [0, 0.1) is 5.82 Å². The third-order valence-corrected chi connectivity index (χ3v) is 5.34. The van der Waals surface area contributed by atoms with Crippen molar-refractivity contribution in [3.8, 4) is 11.6 Å². The van der Waals surface area contributed by atoms with Gasteiger partial charge in [-0.2, -0.15) is 0 Å². The average Bonchev–Trinajstić information content (AvgIpc) is 3.00. The van der Waals surface area contributed by atoms with Gasteiger partial charge in [0.25, 0.3) is 0 Å². The van der Waals surface area contributed by atoms with E-state index in [2.05, 4.69) is 20.6 Å². The molecule has 3 rings (SSSR count). The van der Waals surface area contributed by atoms with Gasteiger partial charge in [0.2, 0.25) is 11.8 Å². The molecule has 2 N–H and O–H groups in total. The highest BCUT2D eigenvalue weighted by atomic mass is 35.5. The Labute approximate surface area is 252 Å². The number of likely N-dealkylation sites (N-methyl/N-ethyl adjacent to an activating group) is 1. The molecule has 2 aromatic carbocycles. The number of aldehydes is 2. The first-order valence-electron chi connectivity index (χ1n) is 13.2. The number of ether oxygens (including phenoxy) is 2. The maximum atomic E-state index is 14.4. The number of halogens is 2. The molecule has 3 aromatic rings. The number of carbonyl (C=O) groups excluding carboxylic acids is 2. The van der Waals surface area contributed by atoms with Gasteiger partial charge in [-0.15, -0.1) is 0 Å². The first-order valence-corrected chi connectivity index (χ1v) is 13.6. The Bertz CT molecular complexity index is 1320. The second-order valence-corrected chi connectivity index (χ2v) is 9.01. The number of carbonyl (C=O) groups is 2. The van der Waals surface area contributed by atoms with Crippen LogP contribution in [0.15, 0.2) is 77.7 Å². The number of aliphatic imine (C=N–C) groups is 1. The fraction of sp³-hybridized carbons (Fsp3) is 0.290. The highest BCUT2D eigenvalue weighted by Crippen LogP contribution is 2.22. The largest absolute Gasteiger partial charge is 0.488 e. The van der Waals surface area contributed by atoms with Crippen LogP contribution in [0.4, 0.5) is 10.1 Å². The zero-order chi connectivity index (χ0) is 31.5. The number of rotatable bonds is 10. The van der Waals surface area contributed by atoms with E-state index >= 15 is 0 Å². The lowest BCUT2D eigenvalue weighted by molar-refractivity contribution is -0.105. The van der Waals surface area contributed by atoms with Crippen molar-refractivity contribution >= 4 is 35.8 Å². The van der Waals surface area contributed by atoms with Crippen LogP contribution in [-0.4, -0.2) is 55.7 Å². The molecule has 11 heteroatoms. The van der Waals surface area contributed by atoms with Gasteiger partial charge in [0.15, 0.2) is 17.9 Å². The van der Waals surface area contributed by atoms with Crippen molar-refractivity contribution in [2.75, 3.05) is 26.5 Å². The van der Waals surface area contributed by atoms with Crippen LogP contribution >= 0.6 is 11.6 Å². The van der Waals surface area contributed by atoms with Crippen LogP contribution in [0.3, 0.4) is 0 Å². The van der Waals surface area contributed by atoms with Crippen LogP contribution in [0.25, 0.3) is 0 Å². The molecule has 1 heterocycles. The first kappa shape index (κ1) is 35.6. The molecule has 0 unspecified atom stereocenters. The summed E-state index contributed by atoms with van der Waals surface area (Å²) in [5, 5.41) is 6.50. The third-order valence-electron chi connectivity index (χ3n) is 5.09. The quantitative estimate of drug-likeness (QED) is 0.120. The summed E-state index contributed by atoms with van der Waals surface area (Å²) in [6, 6.07) is 15.2. The van der Waals surface area contributed by atoms with Crippen LogP contribution in [0.5, 0.6) is 11.6 Å². The molecule has 0 bridgehead atoms. The number of hydrogen-bond acceptors (Lipinski definition) is 7. The second-order valence-electron chi connectivity index (χ2n) is 8.57. The van der Waals surface area contributed by atoms with E-state index in [4.69, 9.17) is 21.1 Å². The van der Waals surface area contributed by atoms with E-state index in [-0.39, 0.29) is 11.9 Å². The summed E-state index contributed by atoms with van der Waals surface area (Å²) in [5.41, 5.74) is 2.39. The van der Waals surface area contributed by atoms with Crippen molar-refractivity contribution in [1.82, 2.24) is 15.2 Å². The average molecular weight is 600 g/mol. The van der Waals surface area contributed by atoms with Crippen LogP contribution in [0.2, 0.25) is 5.02 Å². The fourth-order valence-corrected chi connectivity index (χ4v) is 3.24. The number of benzene rings is 2. The highest BCUT2D eigenvalue weighted by molar-refractivity contribution is 6.30. The Kier molecular flexibility index (Phi) is 16.6. The molecular formula is C31H39ClFN5O4. The molecule has 0 amide bonds. The number of hydrogen-bond donors (Lipinski definition) is 2. The van der Waals surface area contributed by atoms with Gasteiger partial charge in [-0.25, -0.2) is 14.4 Å². The summed E-state index contributed by atoms with van der Waals surface area (Å²) >= 11 is 5.95. The molecule has 42 heavy (non-hydrogen) atoms. The van der Waals surface area contributed by atoms with Crippen LogP contribution in [0.1, 0.15) is 43.6 Å². The minimum atomic E-state index is -0.479. The summed E-state index contributed by atoms with van der Waals surface area (Å²) < 4.78 is 24.6. The fourth-order valence-electron chi connectivity index (χ4n) is 3.12. The number of anilines is 1. The van der Waals surface area contributed by atoms with E-state index in [9.17, 15) is 14.0 Å². The molecule has 0 radical (unpaired) electrons. The normalized spacial score (nSPS) is 10.8. The molecule has 0 saturated heterocycles. The molecule has 226 valence electrons. The van der Waals surface area contributed by atoms with Gasteiger partial charge in [0.05, 0.1) is 25.1 Å². The molecule has 0 aliphatic heterocycles. The summed E-state index contributed by atoms with van der Waals surface area (Å²) in [7, 11) is 4.97. The predicted molar refractivity (Wildman–Crippen MR) is 167 cm³/mol. The molecule has 0 aliphatic carbocycles. The highest BCUT2D eigenvalue weighted by Gasteiger charge is 2.11. The number of aromatic nitrogens is 1. The summed E-state index contributed by atoms with van der Waals surface area (Å²) in [5.74, 6) is 0.593. The molecule has 0 fully saturated rings. The lowest BCUT2D eigenvalue weighted by Crippen LogP contribution is -2.32. The van der Waals surface area contributed by atoms with Crippen LogP contribution in [-0.2, 0) is 11.3 Å². The molecular weight excluding hydrogens is 561 g/mol. The maximum Gasteiger partial charge on any atom is 0.213 e. The smallest absolute Gasteiger partial charge is 0.213 e. The summed E-state index contributed by atoms with van der Waals surface area (Å²) in [6.45, 7) is 8.19. The van der Waals surface area contributed by atoms with Crippen molar-refractivity contribution in [2.45, 2.75) is 40.3 Å². The van der Waals surface area contributed by atoms with Crippen molar-refractivity contribution in [3.05, 3.63) is 94.7 Å². The van der Waals surface area contributed by atoms with Gasteiger partial charge in [0, 0.05) is 55.2 Å². The Morgan fingerprint density at radius 3 is 2.36 bits per heavy atom. The number of nitrogens with zero attached hydrogens (tertiary/aromatic N) is 3. The van der Waals surface area contributed by atoms with E-state index in [0.29, 0.717) is 46.6 Å². The van der Waals surface area contributed by atoms with E-state index in [1.807, 2.05) is 63.9 Å². The molecule has 0 saturated carbocycles. The number of guanidine groups is 1. The third kappa shape index (κ3) is 12.8. The zero-order valence-corrected chi connectivity index (χ0v) is 25.8. The summed E-state index contributed by atoms with van der Waals surface area (Å²) in [4.78, 5) is 31.3. The monoisotopic (exact) mass is 599 g/mol. The van der Waals surface area contributed by atoms with Crippen LogP contribution < -0.4 is 20.1 Å². The number of allylic oxidation sites excluding steroid dienone is 1. The Balaban J connectivity index is 0.000000613. The molecule has 1 aromatic heterocycles. The predicted octanol–water partition coefficient (Wildman–Crippen LogP) is 6.35. The lowest BCUT2D eigenvalue weighted by Gasteiger charge is -2.22. The van der Waals surface area contributed by atoms with Crippen molar-refractivity contribution in [1.29, 1.82) is 0 Å². The topological polar surface area (TPSA) is 105 Å². The molecule has 0 aliphatic rings. The molecule has 9 nitrogen and oxygen atoms in total. The Hall–Kier alpha value is -4.44. The zero-order valence-electron chi connectivity index (χ0n) is 25.0. The summed E-state index contributed by atoms with van der Waals surface area (Å²) in [6.07, 6.45) is 4.22. The van der Waals surface area contributed by atoms with E-state index in [1.165, 1.54) is 25.6 Å². The van der Waals surface area contributed by atoms with Crippen molar-refractivity contribution in [3.63, 3.8) is 0 Å². The van der Waals surface area contributed by atoms with E-state index < -0.39 is 5.82 Å². The van der Waals surface area contributed by atoms with Crippen molar-refractivity contribution in [2.24, 2.45) is 4.99 Å². The minimum absolute atomic E-state index is 0.130. The van der Waals surface area contributed by atoms with Gasteiger partial charge < -0.3 is 25.0 Å². The first-order chi connectivity index (χ1) is 20.2. The number of pyridine rings is 1. The Morgan fingerprint density at radius 1 is 1.12 bits per heavy atom. The molecule has 0 spiro atoms. The lowest BCUT2D eigenvalue weighted by atomic mass is 10.2. The number of nitrogens with one attached hydrogen (secondary N) is 2. The van der Waals surface area contributed by atoms with E-state index in [0.717, 1.165) is 11.8 Å². The van der Waals surface area contributed by atoms with Crippen molar-refractivity contribution < 1.29 is 23.5 Å². The van der Waals surface area contributed by atoms with Gasteiger partial charge in [-0.3, -0.25) is 9.59 Å². The van der Waals surface area contributed by atoms with Gasteiger partial charge >= 0.3 is 0 Å². The molecule has 0 atom stereocenters. The Morgan fingerprint density at radius 2 is 1.81 bits per heavy atom.